The predicted octanol–water partition coefficient (Wildman–Crippen LogP) is 2.00. The lowest BCUT2D eigenvalue weighted by molar-refractivity contribution is -0.393. The van der Waals surface area contributed by atoms with Crippen LogP contribution in [0.3, 0.4) is 0 Å². The van der Waals surface area contributed by atoms with Gasteiger partial charge in [0.15, 0.2) is 5.78 Å². The number of non-ortho nitro benzene ring substituents is 1. The van der Waals surface area contributed by atoms with Gasteiger partial charge in [-0.3, -0.25) is 34.6 Å². The fourth-order valence-corrected chi connectivity index (χ4v) is 4.89. The second-order valence-corrected chi connectivity index (χ2v) is 7.69. The van der Waals surface area contributed by atoms with Gasteiger partial charge in [0.1, 0.15) is 11.7 Å². The van der Waals surface area contributed by atoms with Crippen LogP contribution in [0.15, 0.2) is 60.7 Å². The van der Waals surface area contributed by atoms with Crippen LogP contribution in [0, 0.1) is 32.1 Å². The fraction of sp³-hybridized carbons (Fsp3) is 0.190. The lowest BCUT2D eigenvalue weighted by Gasteiger charge is -2.34. The zero-order valence-electron chi connectivity index (χ0n) is 16.2. The molecule has 2 fully saturated rings. The predicted molar refractivity (Wildman–Crippen MR) is 110 cm³/mol. The molecule has 2 saturated heterocycles. The summed E-state index contributed by atoms with van der Waals surface area (Å²) in [4.78, 5) is 63.1. The van der Waals surface area contributed by atoms with Gasteiger partial charge in [0.2, 0.25) is 11.8 Å². The zero-order chi connectivity index (χ0) is 22.7. The maximum absolute atomic E-state index is 13.3. The molecular formula is C21H14N4O7. The fourth-order valence-electron chi connectivity index (χ4n) is 4.89. The number of nitrogens with zero attached hydrogens (tertiary/aromatic N) is 4. The van der Waals surface area contributed by atoms with Crippen molar-refractivity contribution < 1.29 is 24.2 Å². The molecule has 0 N–H and O–H groups in total. The summed E-state index contributed by atoms with van der Waals surface area (Å²) in [6.07, 6.45) is 2.75. The maximum Gasteiger partial charge on any atom is 0.299 e. The molecule has 4 unspecified atom stereocenters. The van der Waals surface area contributed by atoms with E-state index in [1.165, 1.54) is 23.1 Å². The Labute approximate surface area is 179 Å². The molecule has 2 bridgehead atoms. The maximum atomic E-state index is 13.3. The van der Waals surface area contributed by atoms with Crippen molar-refractivity contribution in [2.24, 2.45) is 11.8 Å². The third-order valence-corrected chi connectivity index (χ3v) is 6.14. The van der Waals surface area contributed by atoms with E-state index in [0.29, 0.717) is 5.69 Å². The third-order valence-electron chi connectivity index (χ3n) is 6.14. The Hall–Kier alpha value is -4.41. The number of para-hydroxylation sites is 1. The van der Waals surface area contributed by atoms with Crippen LogP contribution in [0.1, 0.15) is 0 Å². The molecule has 5 rings (SSSR count). The SMILES string of the molecule is O=C1C=CC2C3C(=O)N(c4ccccc4)C(=O)C3C1N2c1ccc([N+](=O)[O-])cc1[N+](=O)[O-]. The number of hydrogen-bond donors (Lipinski definition) is 0. The topological polar surface area (TPSA) is 144 Å². The summed E-state index contributed by atoms with van der Waals surface area (Å²) in [5, 5.41) is 22.8. The number of imide groups is 1. The highest BCUT2D eigenvalue weighted by molar-refractivity contribution is 6.25. The Kier molecular flexibility index (Phi) is 4.16. The van der Waals surface area contributed by atoms with Gasteiger partial charge in [0.05, 0.1) is 39.5 Å². The van der Waals surface area contributed by atoms with Crippen LogP contribution < -0.4 is 9.80 Å². The molecule has 11 heteroatoms. The molecule has 2 aromatic carbocycles. The van der Waals surface area contributed by atoms with Crippen LogP contribution in [0.5, 0.6) is 0 Å². The molecule has 4 atom stereocenters. The number of anilines is 2. The summed E-state index contributed by atoms with van der Waals surface area (Å²) in [5.74, 6) is -3.44. The second-order valence-electron chi connectivity index (χ2n) is 7.69. The van der Waals surface area contributed by atoms with E-state index in [1.807, 2.05) is 0 Å². The molecule has 160 valence electrons. The molecular weight excluding hydrogens is 420 g/mol. The molecule has 0 spiro atoms. The van der Waals surface area contributed by atoms with Crippen molar-refractivity contribution in [3.05, 3.63) is 80.9 Å². The number of rotatable bonds is 4. The monoisotopic (exact) mass is 434 g/mol. The average Bonchev–Trinajstić information content (AvgIpc) is 3.19. The molecule has 3 aliphatic heterocycles. The van der Waals surface area contributed by atoms with Gasteiger partial charge in [-0.05, 0) is 24.3 Å². The summed E-state index contributed by atoms with van der Waals surface area (Å²) in [7, 11) is 0. The number of carbonyl (C=O) groups is 3. The molecule has 11 nitrogen and oxygen atoms in total. The quantitative estimate of drug-likeness (QED) is 0.404. The minimum atomic E-state index is -1.12. The van der Waals surface area contributed by atoms with Gasteiger partial charge in [0, 0.05) is 6.07 Å². The van der Waals surface area contributed by atoms with Gasteiger partial charge in [-0.15, -0.1) is 0 Å². The van der Waals surface area contributed by atoms with Crippen molar-refractivity contribution in [2.75, 3.05) is 9.80 Å². The molecule has 0 radical (unpaired) electrons. The largest absolute Gasteiger partial charge is 0.347 e. The van der Waals surface area contributed by atoms with Crippen molar-refractivity contribution in [1.82, 2.24) is 0 Å². The van der Waals surface area contributed by atoms with Crippen LogP contribution in [-0.4, -0.2) is 39.5 Å². The Morgan fingerprint density at radius 3 is 2.19 bits per heavy atom. The first-order valence-electron chi connectivity index (χ1n) is 9.67. The van der Waals surface area contributed by atoms with Crippen LogP contribution >= 0.6 is 0 Å². The molecule has 2 amide bonds. The van der Waals surface area contributed by atoms with Gasteiger partial charge >= 0.3 is 0 Å². The highest BCUT2D eigenvalue weighted by Gasteiger charge is 2.65. The first-order chi connectivity index (χ1) is 15.3. The normalized spacial score (nSPS) is 25.9. The van der Waals surface area contributed by atoms with Crippen molar-refractivity contribution in [1.29, 1.82) is 0 Å². The summed E-state index contributed by atoms with van der Waals surface area (Å²) in [6.45, 7) is 0. The molecule has 2 aromatic rings. The number of carbonyl (C=O) groups excluding carboxylic acids is 3. The summed E-state index contributed by atoms with van der Waals surface area (Å²) >= 11 is 0. The third kappa shape index (κ3) is 2.57. The number of nitro benzene ring substituents is 2. The molecule has 0 aliphatic carbocycles. The highest BCUT2D eigenvalue weighted by atomic mass is 16.6. The number of ketones is 1. The van der Waals surface area contributed by atoms with E-state index in [-0.39, 0.29) is 5.69 Å². The summed E-state index contributed by atoms with van der Waals surface area (Å²) < 4.78 is 0. The van der Waals surface area contributed by atoms with Crippen LogP contribution in [-0.2, 0) is 14.4 Å². The van der Waals surface area contributed by atoms with E-state index in [9.17, 15) is 34.6 Å². The first-order valence-corrected chi connectivity index (χ1v) is 9.67. The number of hydrogen-bond acceptors (Lipinski definition) is 8. The summed E-state index contributed by atoms with van der Waals surface area (Å²) in [6, 6.07) is 9.53. The van der Waals surface area contributed by atoms with Gasteiger partial charge in [-0.1, -0.05) is 24.3 Å². The van der Waals surface area contributed by atoms with Crippen LogP contribution in [0.25, 0.3) is 0 Å². The number of benzene rings is 2. The van der Waals surface area contributed by atoms with Gasteiger partial charge in [-0.2, -0.15) is 0 Å². The Bertz CT molecular complexity index is 1240. The van der Waals surface area contributed by atoms with Crippen LogP contribution in [0.4, 0.5) is 22.7 Å². The van der Waals surface area contributed by atoms with Gasteiger partial charge in [-0.25, -0.2) is 4.90 Å². The number of amides is 2. The highest BCUT2D eigenvalue weighted by Crippen LogP contribution is 2.50. The molecule has 0 saturated carbocycles. The van der Waals surface area contributed by atoms with Crippen molar-refractivity contribution >= 4 is 40.3 Å². The van der Waals surface area contributed by atoms with E-state index in [0.717, 1.165) is 17.0 Å². The minimum absolute atomic E-state index is 0.0467. The number of fused-ring (bicyclic) bond motifs is 5. The summed E-state index contributed by atoms with van der Waals surface area (Å²) in [5.41, 5.74) is -0.708. The smallest absolute Gasteiger partial charge is 0.299 e. The molecule has 32 heavy (non-hydrogen) atoms. The van der Waals surface area contributed by atoms with Crippen molar-refractivity contribution in [3.63, 3.8) is 0 Å². The zero-order valence-corrected chi connectivity index (χ0v) is 16.2. The van der Waals surface area contributed by atoms with Crippen molar-refractivity contribution in [3.8, 4) is 0 Å². The van der Waals surface area contributed by atoms with Gasteiger partial charge < -0.3 is 4.90 Å². The Balaban J connectivity index is 1.62. The van der Waals surface area contributed by atoms with E-state index in [2.05, 4.69) is 0 Å². The van der Waals surface area contributed by atoms with Crippen molar-refractivity contribution in [2.45, 2.75) is 12.1 Å². The van der Waals surface area contributed by atoms with E-state index >= 15 is 0 Å². The first kappa shape index (κ1) is 19.5. The van der Waals surface area contributed by atoms with Crippen LogP contribution in [0.2, 0.25) is 0 Å². The standard InChI is InChI=1S/C21H14N4O7/c26-16-9-8-14-17-18(21(28)22(20(17)27)11-4-2-1-3-5-11)19(16)23(14)13-7-6-12(24(29)30)10-15(13)25(31)32/h1-10,14,17-19H. The molecule has 3 aliphatic rings. The molecule has 3 heterocycles. The van der Waals surface area contributed by atoms with E-state index in [1.54, 1.807) is 30.3 Å². The Morgan fingerprint density at radius 1 is 0.844 bits per heavy atom. The minimum Gasteiger partial charge on any atom is -0.347 e. The lowest BCUT2D eigenvalue weighted by atomic mass is 9.90. The van der Waals surface area contributed by atoms with Gasteiger partial charge in [0.25, 0.3) is 11.4 Å². The molecule has 0 aromatic heterocycles. The second kappa shape index (κ2) is 6.80. The lowest BCUT2D eigenvalue weighted by Crippen LogP contribution is -2.49. The average molecular weight is 434 g/mol. The van der Waals surface area contributed by atoms with E-state index in [4.69, 9.17) is 0 Å². The van der Waals surface area contributed by atoms with E-state index < -0.39 is 62.7 Å². The number of nitro groups is 2. The Morgan fingerprint density at radius 2 is 1.53 bits per heavy atom.